The van der Waals surface area contributed by atoms with Gasteiger partial charge >= 0.3 is 0 Å². The monoisotopic (exact) mass is 172 g/mol. The van der Waals surface area contributed by atoms with Gasteiger partial charge in [-0.05, 0) is 32.2 Å². The zero-order chi connectivity index (χ0) is 8.81. The van der Waals surface area contributed by atoms with Crippen LogP contribution in [0.5, 0.6) is 0 Å². The second kappa shape index (κ2) is 5.51. The van der Waals surface area contributed by atoms with Gasteiger partial charge in [0.15, 0.2) is 0 Å². The summed E-state index contributed by atoms with van der Waals surface area (Å²) in [6, 6.07) is 0.551. The quantitative estimate of drug-likeness (QED) is 0.629. The largest absolute Gasteiger partial charge is 0.381 e. The van der Waals surface area contributed by atoms with Crippen molar-refractivity contribution in [2.75, 3.05) is 26.3 Å². The lowest BCUT2D eigenvalue weighted by Gasteiger charge is -2.15. The molecule has 2 atom stereocenters. The Morgan fingerprint density at radius 1 is 1.67 bits per heavy atom. The first-order chi connectivity index (χ1) is 5.83. The van der Waals surface area contributed by atoms with Crippen molar-refractivity contribution >= 4 is 0 Å². The molecule has 3 N–H and O–H groups in total. The van der Waals surface area contributed by atoms with Gasteiger partial charge < -0.3 is 15.8 Å². The molecule has 2 unspecified atom stereocenters. The fraction of sp³-hybridized carbons (Fsp3) is 1.00. The summed E-state index contributed by atoms with van der Waals surface area (Å²) in [5, 5.41) is 3.47. The Morgan fingerprint density at radius 2 is 2.50 bits per heavy atom. The molecule has 1 fully saturated rings. The SMILES string of the molecule is CC(CCN)NCC1CCOC1. The third-order valence-electron chi connectivity index (χ3n) is 2.38. The van der Waals surface area contributed by atoms with Gasteiger partial charge in [0.1, 0.15) is 0 Å². The van der Waals surface area contributed by atoms with Crippen molar-refractivity contribution in [3.05, 3.63) is 0 Å². The number of nitrogens with two attached hydrogens (primary N) is 1. The molecule has 0 spiro atoms. The molecule has 0 aromatic carbocycles. The Balaban J connectivity index is 1.99. The lowest BCUT2D eigenvalue weighted by molar-refractivity contribution is 0.184. The summed E-state index contributed by atoms with van der Waals surface area (Å²) in [5.74, 6) is 0.727. The van der Waals surface area contributed by atoms with E-state index >= 15 is 0 Å². The van der Waals surface area contributed by atoms with E-state index < -0.39 is 0 Å². The molecule has 0 aromatic heterocycles. The number of hydrogen-bond donors (Lipinski definition) is 2. The average molecular weight is 172 g/mol. The minimum atomic E-state index is 0.551. The molecular formula is C9H20N2O. The molecule has 12 heavy (non-hydrogen) atoms. The molecule has 0 amide bonds. The van der Waals surface area contributed by atoms with Crippen molar-refractivity contribution in [1.82, 2.24) is 5.32 Å². The highest BCUT2D eigenvalue weighted by Gasteiger charge is 2.15. The van der Waals surface area contributed by atoms with Crippen LogP contribution < -0.4 is 11.1 Å². The van der Waals surface area contributed by atoms with Crippen molar-refractivity contribution in [3.63, 3.8) is 0 Å². The summed E-state index contributed by atoms with van der Waals surface area (Å²) in [6.07, 6.45) is 2.27. The molecule has 0 radical (unpaired) electrons. The Kier molecular flexibility index (Phi) is 4.58. The molecule has 0 aromatic rings. The lowest BCUT2D eigenvalue weighted by Crippen LogP contribution is -2.32. The normalized spacial score (nSPS) is 26.0. The van der Waals surface area contributed by atoms with E-state index in [1.54, 1.807) is 0 Å². The summed E-state index contributed by atoms with van der Waals surface area (Å²) in [5.41, 5.74) is 5.45. The zero-order valence-corrected chi connectivity index (χ0v) is 7.88. The van der Waals surface area contributed by atoms with Crippen molar-refractivity contribution in [3.8, 4) is 0 Å². The van der Waals surface area contributed by atoms with Gasteiger partial charge in [0, 0.05) is 19.2 Å². The van der Waals surface area contributed by atoms with Gasteiger partial charge in [-0.15, -0.1) is 0 Å². The van der Waals surface area contributed by atoms with Crippen LogP contribution in [0.2, 0.25) is 0 Å². The van der Waals surface area contributed by atoms with Gasteiger partial charge in [-0.2, -0.15) is 0 Å². The summed E-state index contributed by atoms with van der Waals surface area (Å²) in [6.45, 7) is 5.92. The molecule has 1 rings (SSSR count). The molecule has 3 nitrogen and oxygen atoms in total. The predicted molar refractivity (Wildman–Crippen MR) is 50.1 cm³/mol. The Hall–Kier alpha value is -0.120. The molecule has 1 aliphatic rings. The topological polar surface area (TPSA) is 47.3 Å². The zero-order valence-electron chi connectivity index (χ0n) is 7.88. The standard InChI is InChI=1S/C9H20N2O/c1-8(2-4-10)11-6-9-3-5-12-7-9/h8-9,11H,2-7,10H2,1H3. The fourth-order valence-electron chi connectivity index (χ4n) is 1.46. The second-order valence-corrected chi connectivity index (χ2v) is 3.62. The van der Waals surface area contributed by atoms with Crippen LogP contribution in [0.3, 0.4) is 0 Å². The molecule has 1 saturated heterocycles. The molecule has 1 aliphatic heterocycles. The first kappa shape index (κ1) is 9.96. The number of hydrogen-bond acceptors (Lipinski definition) is 3. The minimum absolute atomic E-state index is 0.551. The van der Waals surface area contributed by atoms with Crippen LogP contribution >= 0.6 is 0 Å². The van der Waals surface area contributed by atoms with Gasteiger partial charge in [0.25, 0.3) is 0 Å². The molecule has 3 heteroatoms. The van der Waals surface area contributed by atoms with Crippen LogP contribution in [0, 0.1) is 5.92 Å². The molecule has 0 bridgehead atoms. The molecular weight excluding hydrogens is 152 g/mol. The molecule has 0 aliphatic carbocycles. The third kappa shape index (κ3) is 3.52. The van der Waals surface area contributed by atoms with E-state index in [1.165, 1.54) is 6.42 Å². The summed E-state index contributed by atoms with van der Waals surface area (Å²) < 4.78 is 5.28. The van der Waals surface area contributed by atoms with E-state index in [0.717, 1.165) is 38.6 Å². The molecule has 72 valence electrons. The van der Waals surface area contributed by atoms with Gasteiger partial charge in [0.05, 0.1) is 6.61 Å². The van der Waals surface area contributed by atoms with E-state index in [-0.39, 0.29) is 0 Å². The van der Waals surface area contributed by atoms with Crippen LogP contribution in [0.1, 0.15) is 19.8 Å². The van der Waals surface area contributed by atoms with Gasteiger partial charge in [-0.3, -0.25) is 0 Å². The minimum Gasteiger partial charge on any atom is -0.381 e. The number of nitrogens with one attached hydrogen (secondary N) is 1. The highest BCUT2D eigenvalue weighted by atomic mass is 16.5. The maximum atomic E-state index is 5.45. The smallest absolute Gasteiger partial charge is 0.0507 e. The lowest BCUT2D eigenvalue weighted by atomic mass is 10.1. The highest BCUT2D eigenvalue weighted by Crippen LogP contribution is 2.10. The summed E-state index contributed by atoms with van der Waals surface area (Å²) in [7, 11) is 0. The van der Waals surface area contributed by atoms with Crippen molar-refractivity contribution in [2.24, 2.45) is 11.7 Å². The Bertz CT molecular complexity index is 113. The van der Waals surface area contributed by atoms with Crippen LogP contribution in [0.4, 0.5) is 0 Å². The summed E-state index contributed by atoms with van der Waals surface area (Å²) >= 11 is 0. The van der Waals surface area contributed by atoms with E-state index in [4.69, 9.17) is 10.5 Å². The fourth-order valence-corrected chi connectivity index (χ4v) is 1.46. The highest BCUT2D eigenvalue weighted by molar-refractivity contribution is 4.69. The molecule has 1 heterocycles. The number of rotatable bonds is 5. The predicted octanol–water partition coefficient (Wildman–Crippen LogP) is 0.350. The first-order valence-corrected chi connectivity index (χ1v) is 4.84. The maximum absolute atomic E-state index is 5.45. The van der Waals surface area contributed by atoms with E-state index in [9.17, 15) is 0 Å². The van der Waals surface area contributed by atoms with Gasteiger partial charge in [0.2, 0.25) is 0 Å². The van der Waals surface area contributed by atoms with Crippen LogP contribution in [0.25, 0.3) is 0 Å². The van der Waals surface area contributed by atoms with E-state index in [0.29, 0.717) is 6.04 Å². The summed E-state index contributed by atoms with van der Waals surface area (Å²) in [4.78, 5) is 0. The van der Waals surface area contributed by atoms with Crippen molar-refractivity contribution in [1.29, 1.82) is 0 Å². The van der Waals surface area contributed by atoms with Crippen molar-refractivity contribution in [2.45, 2.75) is 25.8 Å². The van der Waals surface area contributed by atoms with E-state index in [1.807, 2.05) is 0 Å². The maximum Gasteiger partial charge on any atom is 0.0507 e. The first-order valence-electron chi connectivity index (χ1n) is 4.84. The average Bonchev–Trinajstić information content (AvgIpc) is 2.53. The van der Waals surface area contributed by atoms with Gasteiger partial charge in [-0.1, -0.05) is 0 Å². The third-order valence-corrected chi connectivity index (χ3v) is 2.38. The number of ether oxygens (including phenoxy) is 1. The second-order valence-electron chi connectivity index (χ2n) is 3.62. The van der Waals surface area contributed by atoms with E-state index in [2.05, 4.69) is 12.2 Å². The Labute approximate surface area is 74.7 Å². The van der Waals surface area contributed by atoms with Crippen LogP contribution in [-0.2, 0) is 4.74 Å². The molecule has 0 saturated carbocycles. The van der Waals surface area contributed by atoms with Crippen molar-refractivity contribution < 1.29 is 4.74 Å². The Morgan fingerprint density at radius 3 is 3.08 bits per heavy atom. The van der Waals surface area contributed by atoms with Gasteiger partial charge in [-0.25, -0.2) is 0 Å². The van der Waals surface area contributed by atoms with Crippen LogP contribution in [-0.4, -0.2) is 32.3 Å². The van der Waals surface area contributed by atoms with Crippen LogP contribution in [0.15, 0.2) is 0 Å².